The minimum absolute atomic E-state index is 0. The lowest BCUT2D eigenvalue weighted by molar-refractivity contribution is 0.102. The molecule has 0 saturated carbocycles. The molecule has 0 aliphatic carbocycles. The Labute approximate surface area is 204 Å². The van der Waals surface area contributed by atoms with Gasteiger partial charge in [-0.1, -0.05) is 29.5 Å². The minimum Gasteiger partial charge on any atom is -0.328 e. The van der Waals surface area contributed by atoms with Gasteiger partial charge in [0.25, 0.3) is 5.91 Å². The fraction of sp³-hybridized carbons (Fsp3) is 0.217. The smallest absolute Gasteiger partial charge is 0.255 e. The number of fused-ring (bicyclic) bond motifs is 1. The summed E-state index contributed by atoms with van der Waals surface area (Å²) in [6.07, 6.45) is 1.77. The number of aryl methyl sites for hydroxylation is 3. The summed E-state index contributed by atoms with van der Waals surface area (Å²) in [4.78, 5) is 26.1. The third-order valence-corrected chi connectivity index (χ3v) is 5.68. The van der Waals surface area contributed by atoms with E-state index in [-0.39, 0.29) is 30.7 Å². The zero-order valence-electron chi connectivity index (χ0n) is 18.0. The van der Waals surface area contributed by atoms with E-state index in [1.54, 1.807) is 18.0 Å². The van der Waals surface area contributed by atoms with Crippen molar-refractivity contribution in [1.82, 2.24) is 19.5 Å². The second-order valence-electron chi connectivity index (χ2n) is 7.07. The molecule has 0 radical (unpaired) electrons. The number of halogens is 2. The SMILES string of the molecule is CCn1c(CSc2nccc(C)n2)nc2cc(NC(=O)c3ccc(C)cc3)ccc21.Cl.Cl. The average Bonchev–Trinajstić information content (AvgIpc) is 3.09. The van der Waals surface area contributed by atoms with E-state index in [9.17, 15) is 4.79 Å². The van der Waals surface area contributed by atoms with Crippen LogP contribution in [0.5, 0.6) is 0 Å². The predicted molar refractivity (Wildman–Crippen MR) is 135 cm³/mol. The molecule has 0 atom stereocenters. The summed E-state index contributed by atoms with van der Waals surface area (Å²) >= 11 is 1.57. The third kappa shape index (κ3) is 5.79. The van der Waals surface area contributed by atoms with Crippen molar-refractivity contribution in [2.45, 2.75) is 38.2 Å². The van der Waals surface area contributed by atoms with Gasteiger partial charge in [0.1, 0.15) is 5.82 Å². The maximum Gasteiger partial charge on any atom is 0.255 e. The Balaban J connectivity index is 0.00000181. The van der Waals surface area contributed by atoms with Crippen LogP contribution in [0.1, 0.15) is 34.4 Å². The first-order valence-corrected chi connectivity index (χ1v) is 10.8. The van der Waals surface area contributed by atoms with Crippen molar-refractivity contribution in [2.24, 2.45) is 0 Å². The largest absolute Gasteiger partial charge is 0.328 e. The molecule has 2 heterocycles. The van der Waals surface area contributed by atoms with Crippen LogP contribution < -0.4 is 5.32 Å². The Bertz CT molecular complexity index is 1210. The summed E-state index contributed by atoms with van der Waals surface area (Å²) < 4.78 is 2.18. The molecule has 9 heteroatoms. The first-order chi connectivity index (χ1) is 14.5. The van der Waals surface area contributed by atoms with Crippen LogP contribution in [0.3, 0.4) is 0 Å². The Hall–Kier alpha value is -2.61. The second-order valence-corrected chi connectivity index (χ2v) is 8.01. The summed E-state index contributed by atoms with van der Waals surface area (Å²) in [6, 6.07) is 15.3. The highest BCUT2D eigenvalue weighted by atomic mass is 35.5. The number of imidazole rings is 1. The molecule has 1 N–H and O–H groups in total. The van der Waals surface area contributed by atoms with Gasteiger partial charge in [0.15, 0.2) is 5.16 Å². The van der Waals surface area contributed by atoms with Crippen LogP contribution in [0.2, 0.25) is 0 Å². The van der Waals surface area contributed by atoms with E-state index in [1.165, 1.54) is 0 Å². The Kier molecular flexibility index (Phi) is 9.07. The van der Waals surface area contributed by atoms with E-state index in [1.807, 2.05) is 62.4 Å². The molecular weight excluding hydrogens is 465 g/mol. The molecular formula is C23H25Cl2N5OS. The highest BCUT2D eigenvalue weighted by Crippen LogP contribution is 2.25. The zero-order valence-corrected chi connectivity index (χ0v) is 20.5. The molecule has 1 amide bonds. The van der Waals surface area contributed by atoms with E-state index in [2.05, 4.69) is 26.8 Å². The van der Waals surface area contributed by atoms with Gasteiger partial charge in [-0.15, -0.1) is 24.8 Å². The van der Waals surface area contributed by atoms with Gasteiger partial charge >= 0.3 is 0 Å². The van der Waals surface area contributed by atoms with Gasteiger partial charge in [0.2, 0.25) is 0 Å². The number of amides is 1. The van der Waals surface area contributed by atoms with Gasteiger partial charge < -0.3 is 9.88 Å². The van der Waals surface area contributed by atoms with Gasteiger partial charge in [-0.05, 0) is 57.2 Å². The van der Waals surface area contributed by atoms with E-state index >= 15 is 0 Å². The van der Waals surface area contributed by atoms with Crippen molar-refractivity contribution < 1.29 is 4.79 Å². The second kappa shape index (κ2) is 11.3. The summed E-state index contributed by atoms with van der Waals surface area (Å²) in [7, 11) is 0. The van der Waals surface area contributed by atoms with Crippen molar-refractivity contribution in [1.29, 1.82) is 0 Å². The third-order valence-electron chi connectivity index (χ3n) is 4.82. The molecule has 4 aromatic rings. The van der Waals surface area contributed by atoms with E-state index in [0.717, 1.165) is 45.5 Å². The number of thioether (sulfide) groups is 1. The summed E-state index contributed by atoms with van der Waals surface area (Å²) in [5, 5.41) is 3.71. The Morgan fingerprint density at radius 2 is 1.78 bits per heavy atom. The fourth-order valence-corrected chi connectivity index (χ4v) is 4.08. The van der Waals surface area contributed by atoms with Gasteiger partial charge in [-0.25, -0.2) is 15.0 Å². The fourth-order valence-electron chi connectivity index (χ4n) is 3.25. The first-order valence-electron chi connectivity index (χ1n) is 9.83. The molecule has 0 unspecified atom stereocenters. The number of benzene rings is 2. The summed E-state index contributed by atoms with van der Waals surface area (Å²) in [5.74, 6) is 1.51. The molecule has 0 spiro atoms. The molecule has 168 valence electrons. The predicted octanol–water partition coefficient (Wildman–Crippen LogP) is 5.85. The molecule has 0 saturated heterocycles. The van der Waals surface area contributed by atoms with E-state index < -0.39 is 0 Å². The number of hydrogen-bond donors (Lipinski definition) is 1. The Morgan fingerprint density at radius 3 is 2.47 bits per heavy atom. The van der Waals surface area contributed by atoms with Crippen LogP contribution in [-0.2, 0) is 12.3 Å². The summed E-state index contributed by atoms with van der Waals surface area (Å²) in [5.41, 5.74) is 5.35. The van der Waals surface area contributed by atoms with Crippen LogP contribution >= 0.6 is 36.6 Å². The first kappa shape index (κ1) is 25.6. The minimum atomic E-state index is -0.128. The molecule has 2 aromatic heterocycles. The van der Waals surface area contributed by atoms with Gasteiger partial charge in [-0.2, -0.15) is 0 Å². The molecule has 6 nitrogen and oxygen atoms in total. The molecule has 32 heavy (non-hydrogen) atoms. The monoisotopic (exact) mass is 489 g/mol. The van der Waals surface area contributed by atoms with Crippen LogP contribution in [0.15, 0.2) is 59.9 Å². The van der Waals surface area contributed by atoms with Gasteiger partial charge in [-0.3, -0.25) is 4.79 Å². The van der Waals surface area contributed by atoms with Crippen LogP contribution in [-0.4, -0.2) is 25.4 Å². The highest BCUT2D eigenvalue weighted by Gasteiger charge is 2.13. The van der Waals surface area contributed by atoms with Crippen molar-refractivity contribution >= 4 is 59.2 Å². The number of aromatic nitrogens is 4. The van der Waals surface area contributed by atoms with Crippen LogP contribution in [0.25, 0.3) is 11.0 Å². The maximum absolute atomic E-state index is 12.5. The number of anilines is 1. The summed E-state index contributed by atoms with van der Waals surface area (Å²) in [6.45, 7) is 6.88. The Morgan fingerprint density at radius 1 is 1.03 bits per heavy atom. The van der Waals surface area contributed by atoms with Crippen LogP contribution in [0, 0.1) is 13.8 Å². The van der Waals surface area contributed by atoms with Gasteiger partial charge in [0.05, 0.1) is 16.8 Å². The number of carbonyl (C=O) groups is 1. The van der Waals surface area contributed by atoms with Crippen molar-refractivity contribution in [3.8, 4) is 0 Å². The molecule has 0 aliphatic heterocycles. The van der Waals surface area contributed by atoms with Gasteiger partial charge in [0, 0.05) is 29.7 Å². The van der Waals surface area contributed by atoms with Crippen molar-refractivity contribution in [3.05, 3.63) is 77.4 Å². The molecule has 0 bridgehead atoms. The highest BCUT2D eigenvalue weighted by molar-refractivity contribution is 7.98. The molecule has 2 aromatic carbocycles. The maximum atomic E-state index is 12.5. The number of hydrogen-bond acceptors (Lipinski definition) is 5. The topological polar surface area (TPSA) is 72.7 Å². The quantitative estimate of drug-likeness (QED) is 0.271. The lowest BCUT2D eigenvalue weighted by Crippen LogP contribution is -2.11. The zero-order chi connectivity index (χ0) is 21.1. The normalized spacial score (nSPS) is 10.3. The standard InChI is InChI=1S/C23H23N5OS.2ClH/c1-4-28-20-10-9-18(26-22(29)17-7-5-15(2)6-8-17)13-19(20)27-21(28)14-30-23-24-12-11-16(3)25-23;;/h5-13H,4,14H2,1-3H3,(H,26,29);2*1H. The van der Waals surface area contributed by atoms with E-state index in [4.69, 9.17) is 4.98 Å². The number of rotatable bonds is 6. The lowest BCUT2D eigenvalue weighted by atomic mass is 10.1. The van der Waals surface area contributed by atoms with E-state index in [0.29, 0.717) is 11.3 Å². The molecule has 0 aliphatic rings. The molecule has 0 fully saturated rings. The van der Waals surface area contributed by atoms with Crippen molar-refractivity contribution in [2.75, 3.05) is 5.32 Å². The van der Waals surface area contributed by atoms with Crippen LogP contribution in [0.4, 0.5) is 5.69 Å². The van der Waals surface area contributed by atoms with Crippen molar-refractivity contribution in [3.63, 3.8) is 0 Å². The average molecular weight is 490 g/mol. The number of nitrogens with one attached hydrogen (secondary N) is 1. The molecule has 4 rings (SSSR count). The number of carbonyl (C=O) groups excluding carboxylic acids is 1. The lowest BCUT2D eigenvalue weighted by Gasteiger charge is -2.07. The number of nitrogens with zero attached hydrogens (tertiary/aromatic N) is 4.